The van der Waals surface area contributed by atoms with E-state index in [9.17, 15) is 0 Å². The maximum atomic E-state index is 4.45. The number of nitrogens with zero attached hydrogens (tertiary/aromatic N) is 4. The summed E-state index contributed by atoms with van der Waals surface area (Å²) in [6.07, 6.45) is 3.44. The molecule has 0 N–H and O–H groups in total. The molecule has 0 atom stereocenters. The molecule has 0 aliphatic rings. The molecule has 0 unspecified atom stereocenters. The first-order valence-corrected chi connectivity index (χ1v) is 6.83. The number of benzene rings is 1. The highest BCUT2D eigenvalue weighted by molar-refractivity contribution is 7.17. The van der Waals surface area contributed by atoms with Gasteiger partial charge in [-0.1, -0.05) is 29.8 Å². The fourth-order valence-electron chi connectivity index (χ4n) is 2.23. The van der Waals surface area contributed by atoms with E-state index in [1.165, 1.54) is 16.7 Å². The predicted molar refractivity (Wildman–Crippen MR) is 76.3 cm³/mol. The molecule has 0 saturated carbocycles. The molecule has 19 heavy (non-hydrogen) atoms. The van der Waals surface area contributed by atoms with E-state index in [0.29, 0.717) is 0 Å². The predicted octanol–water partition coefficient (Wildman–Crippen LogP) is 3.31. The van der Waals surface area contributed by atoms with Crippen LogP contribution in [0.5, 0.6) is 0 Å². The van der Waals surface area contributed by atoms with Gasteiger partial charge in [0.1, 0.15) is 17.5 Å². The number of aromatic nitrogens is 4. The molecule has 0 amide bonds. The lowest BCUT2D eigenvalue weighted by molar-refractivity contribution is 1.08. The van der Waals surface area contributed by atoms with Crippen LogP contribution in [-0.4, -0.2) is 19.6 Å². The van der Waals surface area contributed by atoms with Gasteiger partial charge in [0.25, 0.3) is 0 Å². The smallest absolute Gasteiger partial charge is 0.172 e. The second-order valence-electron chi connectivity index (χ2n) is 4.50. The Morgan fingerprint density at radius 2 is 1.95 bits per heavy atom. The second-order valence-corrected chi connectivity index (χ2v) is 5.36. The summed E-state index contributed by atoms with van der Waals surface area (Å²) in [6.45, 7) is 2.09. The van der Waals surface area contributed by atoms with Crippen LogP contribution in [0.2, 0.25) is 0 Å². The van der Waals surface area contributed by atoms with Crippen molar-refractivity contribution in [3.63, 3.8) is 0 Å². The first kappa shape index (κ1) is 10.6. The fourth-order valence-corrected chi connectivity index (χ4v) is 3.14. The Labute approximate surface area is 113 Å². The third kappa shape index (κ3) is 1.55. The summed E-state index contributed by atoms with van der Waals surface area (Å²) in [6, 6.07) is 8.51. The van der Waals surface area contributed by atoms with Crippen LogP contribution in [0.15, 0.2) is 42.3 Å². The van der Waals surface area contributed by atoms with E-state index in [1.807, 2.05) is 4.40 Å². The zero-order valence-electron chi connectivity index (χ0n) is 10.2. The van der Waals surface area contributed by atoms with Crippen LogP contribution in [0.1, 0.15) is 5.56 Å². The van der Waals surface area contributed by atoms with Gasteiger partial charge in [0.2, 0.25) is 0 Å². The van der Waals surface area contributed by atoms with E-state index in [2.05, 4.69) is 51.8 Å². The molecule has 0 fully saturated rings. The second kappa shape index (κ2) is 3.86. The van der Waals surface area contributed by atoms with Crippen molar-refractivity contribution in [2.45, 2.75) is 6.92 Å². The maximum Gasteiger partial charge on any atom is 0.172 e. The monoisotopic (exact) mass is 266 g/mol. The van der Waals surface area contributed by atoms with Gasteiger partial charge in [-0.25, -0.2) is 4.98 Å². The average molecular weight is 266 g/mol. The normalized spacial score (nSPS) is 11.4. The molecule has 1 aromatic carbocycles. The summed E-state index contributed by atoms with van der Waals surface area (Å²) in [5.74, 6) is 0. The highest BCUT2D eigenvalue weighted by atomic mass is 32.1. The zero-order chi connectivity index (χ0) is 12.8. The van der Waals surface area contributed by atoms with Gasteiger partial charge >= 0.3 is 0 Å². The Hall–Kier alpha value is -2.27. The van der Waals surface area contributed by atoms with E-state index >= 15 is 0 Å². The van der Waals surface area contributed by atoms with Crippen LogP contribution in [0, 0.1) is 6.92 Å². The highest BCUT2D eigenvalue weighted by Gasteiger charge is 2.12. The van der Waals surface area contributed by atoms with Crippen LogP contribution in [-0.2, 0) is 0 Å². The van der Waals surface area contributed by atoms with Gasteiger partial charge in [-0.05, 0) is 12.5 Å². The largest absolute Gasteiger partial charge is 0.271 e. The van der Waals surface area contributed by atoms with E-state index < -0.39 is 0 Å². The number of thiophene rings is 1. The molecule has 4 rings (SSSR count). The van der Waals surface area contributed by atoms with Crippen LogP contribution in [0.25, 0.3) is 27.0 Å². The minimum Gasteiger partial charge on any atom is -0.271 e. The number of fused-ring (bicyclic) bond motifs is 3. The van der Waals surface area contributed by atoms with E-state index in [0.717, 1.165) is 15.9 Å². The molecular formula is C14H10N4S. The number of aryl methyl sites for hydroxylation is 1. The van der Waals surface area contributed by atoms with Crippen molar-refractivity contribution >= 4 is 27.2 Å². The molecule has 0 saturated heterocycles. The van der Waals surface area contributed by atoms with E-state index in [4.69, 9.17) is 0 Å². The summed E-state index contributed by atoms with van der Waals surface area (Å²) in [5.41, 5.74) is 4.48. The number of hydrogen-bond acceptors (Lipinski definition) is 4. The Bertz CT molecular complexity index is 873. The molecule has 3 heterocycles. The van der Waals surface area contributed by atoms with Crippen LogP contribution < -0.4 is 0 Å². The Kier molecular flexibility index (Phi) is 2.16. The molecule has 5 heteroatoms. The molecule has 0 radical (unpaired) electrons. The highest BCUT2D eigenvalue weighted by Crippen LogP contribution is 2.34. The van der Waals surface area contributed by atoms with Gasteiger partial charge in [0.05, 0.1) is 5.39 Å². The standard InChI is InChI=1S/C14H10N4S/c1-9-2-4-10(5-3-9)11-6-19-14-12(11)13-17-16-8-18(13)7-15-14/h2-8H,1H3. The first-order valence-electron chi connectivity index (χ1n) is 5.95. The average Bonchev–Trinajstić information content (AvgIpc) is 3.04. The lowest BCUT2D eigenvalue weighted by atomic mass is 10.0. The van der Waals surface area contributed by atoms with E-state index in [-0.39, 0.29) is 0 Å². The van der Waals surface area contributed by atoms with Gasteiger partial charge in [0, 0.05) is 10.9 Å². The van der Waals surface area contributed by atoms with Crippen molar-refractivity contribution in [1.29, 1.82) is 0 Å². The maximum absolute atomic E-state index is 4.45. The quantitative estimate of drug-likeness (QED) is 0.531. The first-order chi connectivity index (χ1) is 9.33. The SMILES string of the molecule is Cc1ccc(-c2csc3ncn4cnnc4c23)cc1. The van der Waals surface area contributed by atoms with Gasteiger partial charge in [-0.3, -0.25) is 4.40 Å². The molecule has 92 valence electrons. The Morgan fingerprint density at radius 1 is 1.11 bits per heavy atom. The van der Waals surface area contributed by atoms with Gasteiger partial charge < -0.3 is 0 Å². The molecule has 4 nitrogen and oxygen atoms in total. The number of hydrogen-bond donors (Lipinski definition) is 0. The lowest BCUT2D eigenvalue weighted by Gasteiger charge is -2.01. The van der Waals surface area contributed by atoms with E-state index in [1.54, 1.807) is 24.0 Å². The Morgan fingerprint density at radius 3 is 2.79 bits per heavy atom. The topological polar surface area (TPSA) is 43.1 Å². The van der Waals surface area contributed by atoms with Gasteiger partial charge in [-0.2, -0.15) is 0 Å². The van der Waals surface area contributed by atoms with Crippen molar-refractivity contribution in [3.05, 3.63) is 47.9 Å². The van der Waals surface area contributed by atoms with Crippen LogP contribution >= 0.6 is 11.3 Å². The molecule has 0 spiro atoms. The summed E-state index contributed by atoms with van der Waals surface area (Å²) in [7, 11) is 0. The summed E-state index contributed by atoms with van der Waals surface area (Å²) in [4.78, 5) is 5.44. The minimum atomic E-state index is 0.863. The molecule has 0 aliphatic carbocycles. The number of rotatable bonds is 1. The van der Waals surface area contributed by atoms with Crippen molar-refractivity contribution in [3.8, 4) is 11.1 Å². The third-order valence-electron chi connectivity index (χ3n) is 3.23. The van der Waals surface area contributed by atoms with Crippen LogP contribution in [0.3, 0.4) is 0 Å². The molecule has 0 bridgehead atoms. The molecular weight excluding hydrogens is 256 g/mol. The minimum absolute atomic E-state index is 0.863. The van der Waals surface area contributed by atoms with Crippen molar-refractivity contribution in [2.75, 3.05) is 0 Å². The molecule has 3 aromatic heterocycles. The van der Waals surface area contributed by atoms with Crippen molar-refractivity contribution in [1.82, 2.24) is 19.6 Å². The summed E-state index contributed by atoms with van der Waals surface area (Å²) in [5, 5.41) is 11.4. The third-order valence-corrected chi connectivity index (χ3v) is 4.12. The fraction of sp³-hybridized carbons (Fsp3) is 0.0714. The summed E-state index contributed by atoms with van der Waals surface area (Å²) < 4.78 is 1.85. The summed E-state index contributed by atoms with van der Waals surface area (Å²) >= 11 is 1.64. The zero-order valence-corrected chi connectivity index (χ0v) is 11.1. The van der Waals surface area contributed by atoms with Gasteiger partial charge in [0.15, 0.2) is 5.65 Å². The van der Waals surface area contributed by atoms with Crippen LogP contribution in [0.4, 0.5) is 0 Å². The molecule has 0 aliphatic heterocycles. The Balaban J connectivity index is 2.09. The molecule has 4 aromatic rings. The van der Waals surface area contributed by atoms with Crippen molar-refractivity contribution < 1.29 is 0 Å². The van der Waals surface area contributed by atoms with Gasteiger partial charge in [-0.15, -0.1) is 21.5 Å². The van der Waals surface area contributed by atoms with Crippen molar-refractivity contribution in [2.24, 2.45) is 0 Å². The lowest BCUT2D eigenvalue weighted by Crippen LogP contribution is -1.87.